The SMILES string of the molecule is c1ccc(-c2cc(-c3cc4ccccc4o3)nc(-c3cc(-n4c5ccccc5c5ccccc54)cc(-n4c5ccccc5c5ccccc54)c3)n2)cc1. The summed E-state index contributed by atoms with van der Waals surface area (Å²) in [5, 5.41) is 5.87. The maximum Gasteiger partial charge on any atom is 0.160 e. The van der Waals surface area contributed by atoms with Crippen LogP contribution in [0.25, 0.3) is 100 Å². The fourth-order valence-electron chi connectivity index (χ4n) is 7.95. The molecular weight excluding hydrogens is 649 g/mol. The second kappa shape index (κ2) is 11.7. The molecule has 0 saturated heterocycles. The van der Waals surface area contributed by atoms with Gasteiger partial charge in [0.1, 0.15) is 11.3 Å². The topological polar surface area (TPSA) is 48.8 Å². The molecule has 0 atom stereocenters. The summed E-state index contributed by atoms with van der Waals surface area (Å²) in [7, 11) is 0. The van der Waals surface area contributed by atoms with Crippen LogP contribution in [-0.4, -0.2) is 19.1 Å². The molecule has 0 aliphatic heterocycles. The number of benzene rings is 7. The number of aromatic nitrogens is 4. The fourth-order valence-corrected chi connectivity index (χ4v) is 7.95. The van der Waals surface area contributed by atoms with E-state index in [-0.39, 0.29) is 0 Å². The van der Waals surface area contributed by atoms with Gasteiger partial charge < -0.3 is 13.6 Å². The third-order valence-electron chi connectivity index (χ3n) is 10.3. The van der Waals surface area contributed by atoms with Crippen molar-refractivity contribution in [3.05, 3.63) is 182 Å². The van der Waals surface area contributed by atoms with Crippen LogP contribution in [0, 0.1) is 0 Å². The maximum atomic E-state index is 6.40. The quantitative estimate of drug-likeness (QED) is 0.182. The minimum absolute atomic E-state index is 0.617. The molecule has 11 aromatic rings. The highest BCUT2D eigenvalue weighted by molar-refractivity contribution is 6.10. The molecule has 0 aliphatic rings. The van der Waals surface area contributed by atoms with E-state index in [9.17, 15) is 0 Å². The van der Waals surface area contributed by atoms with E-state index in [2.05, 4.69) is 149 Å². The van der Waals surface area contributed by atoms with Crippen LogP contribution < -0.4 is 0 Å². The average molecular weight is 679 g/mol. The van der Waals surface area contributed by atoms with Crippen LogP contribution in [0.2, 0.25) is 0 Å². The van der Waals surface area contributed by atoms with Gasteiger partial charge in [-0.1, -0.05) is 121 Å². The predicted molar refractivity (Wildman–Crippen MR) is 217 cm³/mol. The zero-order valence-corrected chi connectivity index (χ0v) is 28.5. The molecule has 5 nitrogen and oxygen atoms in total. The van der Waals surface area contributed by atoms with Crippen molar-refractivity contribution >= 4 is 54.6 Å². The molecular formula is C48H30N4O. The highest BCUT2D eigenvalue weighted by Crippen LogP contribution is 2.38. The van der Waals surface area contributed by atoms with Gasteiger partial charge in [-0.25, -0.2) is 9.97 Å². The van der Waals surface area contributed by atoms with Crippen LogP contribution >= 0.6 is 0 Å². The fraction of sp³-hybridized carbons (Fsp3) is 0. The number of nitrogens with zero attached hydrogens (tertiary/aromatic N) is 4. The Kier molecular flexibility index (Phi) is 6.48. The molecule has 0 fully saturated rings. The Morgan fingerprint density at radius 3 is 1.40 bits per heavy atom. The van der Waals surface area contributed by atoms with Gasteiger partial charge in [-0.05, 0) is 60.7 Å². The second-order valence-electron chi connectivity index (χ2n) is 13.5. The van der Waals surface area contributed by atoms with Crippen LogP contribution in [0.15, 0.2) is 186 Å². The molecule has 0 aliphatic carbocycles. The lowest BCUT2D eigenvalue weighted by molar-refractivity contribution is 0.628. The lowest BCUT2D eigenvalue weighted by Crippen LogP contribution is -2.02. The third-order valence-corrected chi connectivity index (χ3v) is 10.3. The first-order valence-electron chi connectivity index (χ1n) is 17.8. The number of hydrogen-bond donors (Lipinski definition) is 0. The van der Waals surface area contributed by atoms with Crippen molar-refractivity contribution in [2.45, 2.75) is 0 Å². The molecule has 0 spiro atoms. The zero-order chi connectivity index (χ0) is 34.9. The van der Waals surface area contributed by atoms with Crippen molar-refractivity contribution < 1.29 is 4.42 Å². The number of hydrogen-bond acceptors (Lipinski definition) is 3. The summed E-state index contributed by atoms with van der Waals surface area (Å²) in [5.74, 6) is 1.32. The Labute approximate surface area is 304 Å². The van der Waals surface area contributed by atoms with Gasteiger partial charge in [-0.2, -0.15) is 0 Å². The van der Waals surface area contributed by atoms with Gasteiger partial charge in [0.15, 0.2) is 11.6 Å². The molecule has 0 N–H and O–H groups in total. The summed E-state index contributed by atoms with van der Waals surface area (Å²) in [6.07, 6.45) is 0. The monoisotopic (exact) mass is 678 g/mol. The smallest absolute Gasteiger partial charge is 0.160 e. The van der Waals surface area contributed by atoms with Gasteiger partial charge in [0.25, 0.3) is 0 Å². The van der Waals surface area contributed by atoms with E-state index in [1.54, 1.807) is 0 Å². The lowest BCUT2D eigenvalue weighted by atomic mass is 10.1. The molecule has 0 amide bonds. The largest absolute Gasteiger partial charge is 0.454 e. The van der Waals surface area contributed by atoms with Crippen molar-refractivity contribution in [1.82, 2.24) is 19.1 Å². The van der Waals surface area contributed by atoms with Gasteiger partial charge >= 0.3 is 0 Å². The van der Waals surface area contributed by atoms with Crippen molar-refractivity contribution in [2.75, 3.05) is 0 Å². The molecule has 7 aromatic carbocycles. The normalized spacial score (nSPS) is 11.8. The van der Waals surface area contributed by atoms with Gasteiger partial charge in [-0.3, -0.25) is 0 Å². The second-order valence-corrected chi connectivity index (χ2v) is 13.5. The summed E-state index contributed by atoms with van der Waals surface area (Å²) < 4.78 is 11.1. The van der Waals surface area contributed by atoms with Crippen molar-refractivity contribution in [3.8, 4) is 45.5 Å². The Morgan fingerprint density at radius 2 is 0.849 bits per heavy atom. The minimum Gasteiger partial charge on any atom is -0.454 e. The third kappa shape index (κ3) is 4.71. The summed E-state index contributed by atoms with van der Waals surface area (Å²) in [5.41, 5.74) is 10.9. The van der Waals surface area contributed by atoms with Crippen molar-refractivity contribution in [3.63, 3.8) is 0 Å². The zero-order valence-electron chi connectivity index (χ0n) is 28.5. The molecule has 0 unspecified atom stereocenters. The standard InChI is InChI=1S/C48H30N4O/c1-2-14-31(15-3-1)40-30-41(47-28-32-16-4-13-25-46(32)53-47)50-48(49-40)33-26-34(51-42-21-9-5-17-36(42)37-18-6-10-22-43(37)51)29-35(27-33)52-44-23-11-7-19-38(44)39-20-8-12-24-45(39)52/h1-30H. The molecule has 53 heavy (non-hydrogen) atoms. The predicted octanol–water partition coefficient (Wildman–Crippen LogP) is 12.4. The Hall–Kier alpha value is -7.24. The molecule has 11 rings (SSSR count). The van der Waals surface area contributed by atoms with E-state index in [1.807, 2.05) is 42.5 Å². The van der Waals surface area contributed by atoms with Crippen molar-refractivity contribution in [1.29, 1.82) is 0 Å². The highest BCUT2D eigenvalue weighted by atomic mass is 16.3. The van der Waals surface area contributed by atoms with E-state index in [0.29, 0.717) is 11.6 Å². The van der Waals surface area contributed by atoms with Crippen LogP contribution in [0.3, 0.4) is 0 Å². The number of rotatable bonds is 5. The molecule has 4 heterocycles. The maximum absolute atomic E-state index is 6.40. The van der Waals surface area contributed by atoms with E-state index in [0.717, 1.165) is 66.9 Å². The summed E-state index contributed by atoms with van der Waals surface area (Å²) in [6, 6.07) is 63.7. The molecule has 0 bridgehead atoms. The van der Waals surface area contributed by atoms with Gasteiger partial charge in [-0.15, -0.1) is 0 Å². The van der Waals surface area contributed by atoms with Gasteiger partial charge in [0.2, 0.25) is 0 Å². The molecule has 5 heteroatoms. The van der Waals surface area contributed by atoms with E-state index in [1.165, 1.54) is 21.5 Å². The minimum atomic E-state index is 0.617. The molecule has 0 saturated carbocycles. The number of para-hydroxylation sites is 5. The van der Waals surface area contributed by atoms with E-state index < -0.39 is 0 Å². The van der Waals surface area contributed by atoms with Crippen LogP contribution in [0.4, 0.5) is 0 Å². The van der Waals surface area contributed by atoms with Crippen molar-refractivity contribution in [2.24, 2.45) is 0 Å². The Balaban J connectivity index is 1.23. The first-order chi connectivity index (χ1) is 26.3. The van der Waals surface area contributed by atoms with Gasteiger partial charge in [0.05, 0.1) is 27.8 Å². The average Bonchev–Trinajstić information content (AvgIpc) is 3.91. The van der Waals surface area contributed by atoms with E-state index in [4.69, 9.17) is 14.4 Å². The molecule has 4 aromatic heterocycles. The highest BCUT2D eigenvalue weighted by Gasteiger charge is 2.20. The number of furan rings is 1. The Morgan fingerprint density at radius 1 is 0.377 bits per heavy atom. The first kappa shape index (κ1) is 29.5. The molecule has 0 radical (unpaired) electrons. The van der Waals surface area contributed by atoms with Crippen LogP contribution in [0.5, 0.6) is 0 Å². The molecule has 248 valence electrons. The lowest BCUT2D eigenvalue weighted by Gasteiger charge is -2.16. The van der Waals surface area contributed by atoms with E-state index >= 15 is 0 Å². The summed E-state index contributed by atoms with van der Waals surface area (Å²) in [6.45, 7) is 0. The Bertz CT molecular complexity index is 2910. The van der Waals surface area contributed by atoms with Crippen LogP contribution in [-0.2, 0) is 0 Å². The first-order valence-corrected chi connectivity index (χ1v) is 17.8. The van der Waals surface area contributed by atoms with Crippen LogP contribution in [0.1, 0.15) is 0 Å². The van der Waals surface area contributed by atoms with Gasteiger partial charge in [0, 0.05) is 49.4 Å². The number of fused-ring (bicyclic) bond motifs is 7. The summed E-state index contributed by atoms with van der Waals surface area (Å²) in [4.78, 5) is 10.5. The summed E-state index contributed by atoms with van der Waals surface area (Å²) >= 11 is 0.